The molecule has 1 heterocycles. The van der Waals surface area contributed by atoms with Crippen LogP contribution in [0.5, 0.6) is 0 Å². The Hall–Kier alpha value is -1.19. The number of nitrogen functional groups attached to an aromatic ring is 2. The van der Waals surface area contributed by atoms with E-state index in [1.165, 1.54) is 36.8 Å². The molecule has 0 aliphatic heterocycles. The van der Waals surface area contributed by atoms with Crippen molar-refractivity contribution in [3.8, 4) is 0 Å². The Bertz CT molecular complexity index is 464. The number of nitrogens with two attached hydrogens (primary N) is 2. The van der Waals surface area contributed by atoms with Gasteiger partial charge in [0.05, 0.1) is 5.69 Å². The third-order valence-corrected chi connectivity index (χ3v) is 6.17. The van der Waals surface area contributed by atoms with Crippen LogP contribution in [0.25, 0.3) is 0 Å². The van der Waals surface area contributed by atoms with Crippen molar-refractivity contribution >= 4 is 5.82 Å². The minimum atomic E-state index is 0.458. The first-order valence-corrected chi connectivity index (χ1v) is 7.71. The van der Waals surface area contributed by atoms with Gasteiger partial charge in [0.1, 0.15) is 12.1 Å². The van der Waals surface area contributed by atoms with Gasteiger partial charge in [-0.25, -0.2) is 9.66 Å². The van der Waals surface area contributed by atoms with Crippen LogP contribution in [0.3, 0.4) is 0 Å². The summed E-state index contributed by atoms with van der Waals surface area (Å²) >= 11 is 0. The van der Waals surface area contributed by atoms with Crippen LogP contribution in [0, 0.1) is 29.6 Å². The van der Waals surface area contributed by atoms with Crippen LogP contribution in [0.15, 0.2) is 6.33 Å². The lowest BCUT2D eigenvalue weighted by molar-refractivity contribution is -0.0459. The molecule has 4 heteroatoms. The van der Waals surface area contributed by atoms with Crippen LogP contribution in [-0.2, 0) is 0 Å². The molecule has 4 aliphatic rings. The fourth-order valence-corrected chi connectivity index (χ4v) is 5.70. The number of rotatable bonds is 2. The van der Waals surface area contributed by atoms with Gasteiger partial charge in [-0.2, -0.15) is 0 Å². The summed E-state index contributed by atoms with van der Waals surface area (Å²) in [6, 6.07) is 0. The van der Waals surface area contributed by atoms with Crippen molar-refractivity contribution in [1.29, 1.82) is 0 Å². The number of anilines is 1. The Morgan fingerprint density at radius 3 is 2.21 bits per heavy atom. The summed E-state index contributed by atoms with van der Waals surface area (Å²) in [5, 5.41) is 0. The van der Waals surface area contributed by atoms with Crippen LogP contribution in [0.2, 0.25) is 0 Å². The molecule has 104 valence electrons. The summed E-state index contributed by atoms with van der Waals surface area (Å²) in [5.41, 5.74) is 7.10. The normalized spacial score (nSPS) is 41.6. The van der Waals surface area contributed by atoms with Gasteiger partial charge in [0.25, 0.3) is 0 Å². The molecule has 4 bridgehead atoms. The van der Waals surface area contributed by atoms with E-state index in [1.54, 1.807) is 6.33 Å². The van der Waals surface area contributed by atoms with Gasteiger partial charge >= 0.3 is 0 Å². The average Bonchev–Trinajstić information content (AvgIpc) is 2.68. The Balaban J connectivity index is 1.64. The summed E-state index contributed by atoms with van der Waals surface area (Å²) in [5.74, 6) is 11.5. The topological polar surface area (TPSA) is 69.9 Å². The molecule has 1 unspecified atom stereocenters. The Morgan fingerprint density at radius 2 is 1.74 bits per heavy atom. The van der Waals surface area contributed by atoms with Gasteiger partial charge in [0.15, 0.2) is 0 Å². The molecule has 0 radical (unpaired) electrons. The van der Waals surface area contributed by atoms with E-state index in [9.17, 15) is 0 Å². The van der Waals surface area contributed by atoms with E-state index >= 15 is 0 Å². The molecular weight excluding hydrogens is 236 g/mol. The zero-order valence-corrected chi connectivity index (χ0v) is 11.6. The summed E-state index contributed by atoms with van der Waals surface area (Å²) < 4.78 is 1.46. The predicted molar refractivity (Wildman–Crippen MR) is 75.7 cm³/mol. The van der Waals surface area contributed by atoms with Crippen molar-refractivity contribution in [2.24, 2.45) is 29.6 Å². The lowest BCUT2D eigenvalue weighted by atomic mass is 9.49. The van der Waals surface area contributed by atoms with Crippen LogP contribution >= 0.6 is 0 Å². The predicted octanol–water partition coefficient (Wildman–Crippen LogP) is 2.35. The maximum atomic E-state index is 6.07. The van der Waals surface area contributed by atoms with Crippen LogP contribution in [0.4, 0.5) is 5.82 Å². The first-order chi connectivity index (χ1) is 9.13. The second kappa shape index (κ2) is 3.90. The molecule has 0 saturated heterocycles. The molecular formula is C15H24N4. The number of nitrogens with zero attached hydrogens (tertiary/aromatic N) is 2. The zero-order valence-electron chi connectivity index (χ0n) is 11.6. The maximum absolute atomic E-state index is 6.07. The molecule has 0 aromatic carbocycles. The molecule has 4 N–H and O–H groups in total. The van der Waals surface area contributed by atoms with Crippen LogP contribution in [0.1, 0.15) is 50.6 Å². The van der Waals surface area contributed by atoms with E-state index in [2.05, 4.69) is 11.9 Å². The Labute approximate surface area is 114 Å². The number of hydrogen-bond donors (Lipinski definition) is 2. The van der Waals surface area contributed by atoms with Crippen molar-refractivity contribution in [3.63, 3.8) is 0 Å². The molecule has 5 rings (SSSR count). The Morgan fingerprint density at radius 1 is 1.16 bits per heavy atom. The van der Waals surface area contributed by atoms with Crippen molar-refractivity contribution in [2.45, 2.75) is 44.9 Å². The first-order valence-electron chi connectivity index (χ1n) is 7.71. The first kappa shape index (κ1) is 11.6. The van der Waals surface area contributed by atoms with Crippen molar-refractivity contribution in [1.82, 2.24) is 9.66 Å². The van der Waals surface area contributed by atoms with Gasteiger partial charge in [-0.15, -0.1) is 0 Å². The fraction of sp³-hybridized carbons (Fsp3) is 0.800. The minimum absolute atomic E-state index is 0.458. The standard InChI is InChI=1S/C15H24N4/c1-8(14-15(16)19(17)7-18-14)13-11-3-9-2-10(5-11)6-12(13)4-9/h7-13H,2-6,16-17H2,1H3. The van der Waals surface area contributed by atoms with E-state index < -0.39 is 0 Å². The van der Waals surface area contributed by atoms with E-state index in [1.807, 2.05) is 0 Å². The zero-order chi connectivity index (χ0) is 13.1. The molecule has 4 nitrogen and oxygen atoms in total. The molecule has 0 spiro atoms. The van der Waals surface area contributed by atoms with Gasteiger partial charge in [-0.1, -0.05) is 6.92 Å². The van der Waals surface area contributed by atoms with Crippen LogP contribution < -0.4 is 11.6 Å². The maximum Gasteiger partial charge on any atom is 0.145 e. The second-order valence-electron chi connectivity index (χ2n) is 7.22. The van der Waals surface area contributed by atoms with Gasteiger partial charge in [-0.05, 0) is 61.7 Å². The molecule has 0 amide bonds. The lowest BCUT2D eigenvalue weighted by Crippen LogP contribution is -2.46. The number of hydrogen-bond acceptors (Lipinski definition) is 3. The van der Waals surface area contributed by atoms with Gasteiger partial charge in [0.2, 0.25) is 0 Å². The third-order valence-electron chi connectivity index (χ3n) is 6.17. The molecule has 4 aliphatic carbocycles. The Kier molecular flexibility index (Phi) is 2.39. The molecule has 4 saturated carbocycles. The average molecular weight is 260 g/mol. The summed E-state index contributed by atoms with van der Waals surface area (Å²) in [6.07, 6.45) is 8.96. The smallest absolute Gasteiger partial charge is 0.145 e. The van der Waals surface area contributed by atoms with Gasteiger partial charge in [0, 0.05) is 5.92 Å². The van der Waals surface area contributed by atoms with Crippen molar-refractivity contribution in [2.75, 3.05) is 11.6 Å². The highest BCUT2D eigenvalue weighted by atomic mass is 15.3. The highest BCUT2D eigenvalue weighted by Crippen LogP contribution is 2.59. The molecule has 1 atom stereocenters. The highest BCUT2D eigenvalue weighted by Gasteiger charge is 2.50. The highest BCUT2D eigenvalue weighted by molar-refractivity contribution is 5.39. The van der Waals surface area contributed by atoms with Gasteiger partial charge < -0.3 is 11.6 Å². The molecule has 1 aromatic heterocycles. The van der Waals surface area contributed by atoms with E-state index in [-0.39, 0.29) is 0 Å². The monoisotopic (exact) mass is 260 g/mol. The number of aromatic nitrogens is 2. The summed E-state index contributed by atoms with van der Waals surface area (Å²) in [6.45, 7) is 2.31. The number of imidazole rings is 1. The lowest BCUT2D eigenvalue weighted by Gasteiger charge is -2.56. The largest absolute Gasteiger partial charge is 0.382 e. The van der Waals surface area contributed by atoms with Crippen molar-refractivity contribution < 1.29 is 0 Å². The van der Waals surface area contributed by atoms with Crippen molar-refractivity contribution in [3.05, 3.63) is 12.0 Å². The molecule has 19 heavy (non-hydrogen) atoms. The minimum Gasteiger partial charge on any atom is -0.382 e. The fourth-order valence-electron chi connectivity index (χ4n) is 5.70. The third kappa shape index (κ3) is 1.61. The van der Waals surface area contributed by atoms with E-state index in [4.69, 9.17) is 11.6 Å². The SMILES string of the molecule is CC(c1ncn(N)c1N)C1C2CC3CC(C2)CC1C3. The van der Waals surface area contributed by atoms with E-state index in [0.717, 1.165) is 35.3 Å². The van der Waals surface area contributed by atoms with E-state index in [0.29, 0.717) is 11.7 Å². The van der Waals surface area contributed by atoms with Crippen LogP contribution in [-0.4, -0.2) is 9.66 Å². The summed E-state index contributed by atoms with van der Waals surface area (Å²) in [7, 11) is 0. The second-order valence-corrected chi connectivity index (χ2v) is 7.22. The van der Waals surface area contributed by atoms with Gasteiger partial charge in [-0.3, -0.25) is 0 Å². The molecule has 4 fully saturated rings. The quantitative estimate of drug-likeness (QED) is 0.802. The molecule has 1 aromatic rings. The summed E-state index contributed by atoms with van der Waals surface area (Å²) in [4.78, 5) is 4.46.